The van der Waals surface area contributed by atoms with Crippen molar-refractivity contribution in [3.8, 4) is 0 Å². The Morgan fingerprint density at radius 1 is 1.14 bits per heavy atom. The Morgan fingerprint density at radius 2 is 1.95 bits per heavy atom. The van der Waals surface area contributed by atoms with Gasteiger partial charge in [-0.05, 0) is 30.7 Å². The van der Waals surface area contributed by atoms with Crippen LogP contribution in [-0.2, 0) is 16.1 Å². The lowest BCUT2D eigenvalue weighted by molar-refractivity contribution is -0.115. The van der Waals surface area contributed by atoms with Crippen molar-refractivity contribution in [2.75, 3.05) is 0 Å². The van der Waals surface area contributed by atoms with Gasteiger partial charge in [0, 0.05) is 17.5 Å². The number of benzene rings is 1. The standard InChI is InChI=1S/C17H16N2O2/c1-12-7-8-14(18-12)9-15-16(10-17(20)19-15)21-11-13-5-3-2-4-6-13/h2-10,18H,11H2,1H3,(H,19,20). The Kier molecular flexibility index (Phi) is 3.60. The second-order valence-electron chi connectivity index (χ2n) is 4.93. The second-order valence-corrected chi connectivity index (χ2v) is 4.93. The summed E-state index contributed by atoms with van der Waals surface area (Å²) in [6.07, 6.45) is 3.35. The van der Waals surface area contributed by atoms with Crippen LogP contribution in [0.15, 0.2) is 60.0 Å². The van der Waals surface area contributed by atoms with Gasteiger partial charge in [-0.15, -0.1) is 0 Å². The molecule has 0 atom stereocenters. The molecule has 1 amide bonds. The van der Waals surface area contributed by atoms with Gasteiger partial charge in [0.2, 0.25) is 0 Å². The molecule has 0 saturated carbocycles. The molecule has 2 N–H and O–H groups in total. The first kappa shape index (κ1) is 13.2. The smallest absolute Gasteiger partial charge is 0.252 e. The van der Waals surface area contributed by atoms with Crippen LogP contribution in [-0.4, -0.2) is 10.9 Å². The van der Waals surface area contributed by atoms with Gasteiger partial charge in [0.1, 0.15) is 12.4 Å². The van der Waals surface area contributed by atoms with E-state index in [1.165, 1.54) is 6.08 Å². The monoisotopic (exact) mass is 280 g/mol. The highest BCUT2D eigenvalue weighted by Crippen LogP contribution is 2.19. The predicted molar refractivity (Wildman–Crippen MR) is 81.0 cm³/mol. The number of nitrogens with one attached hydrogen (secondary N) is 2. The first-order valence-electron chi connectivity index (χ1n) is 6.78. The third kappa shape index (κ3) is 3.23. The van der Waals surface area contributed by atoms with Crippen molar-refractivity contribution >= 4 is 12.0 Å². The number of aromatic amines is 1. The fourth-order valence-corrected chi connectivity index (χ4v) is 2.15. The fourth-order valence-electron chi connectivity index (χ4n) is 2.15. The quantitative estimate of drug-likeness (QED) is 0.904. The summed E-state index contributed by atoms with van der Waals surface area (Å²) >= 11 is 0. The average molecular weight is 280 g/mol. The van der Waals surface area contributed by atoms with Crippen LogP contribution in [0.4, 0.5) is 0 Å². The van der Waals surface area contributed by atoms with Crippen molar-refractivity contribution < 1.29 is 9.53 Å². The Balaban J connectivity index is 1.74. The summed E-state index contributed by atoms with van der Waals surface area (Å²) in [4.78, 5) is 14.8. The van der Waals surface area contributed by atoms with Crippen molar-refractivity contribution in [1.82, 2.24) is 10.3 Å². The molecular formula is C17H16N2O2. The number of carbonyl (C=O) groups is 1. The number of aryl methyl sites for hydroxylation is 1. The average Bonchev–Trinajstić information content (AvgIpc) is 3.04. The van der Waals surface area contributed by atoms with Crippen LogP contribution in [0.25, 0.3) is 6.08 Å². The van der Waals surface area contributed by atoms with Crippen LogP contribution >= 0.6 is 0 Å². The molecule has 4 heteroatoms. The summed E-state index contributed by atoms with van der Waals surface area (Å²) in [6.45, 7) is 2.42. The van der Waals surface area contributed by atoms with Crippen LogP contribution in [0.1, 0.15) is 17.0 Å². The Labute approximate surface area is 123 Å². The highest BCUT2D eigenvalue weighted by Gasteiger charge is 2.19. The van der Waals surface area contributed by atoms with Gasteiger partial charge in [-0.1, -0.05) is 30.3 Å². The number of rotatable bonds is 4. The van der Waals surface area contributed by atoms with Gasteiger partial charge in [0.15, 0.2) is 0 Å². The molecule has 4 nitrogen and oxygen atoms in total. The zero-order valence-electron chi connectivity index (χ0n) is 11.7. The molecule has 1 aromatic heterocycles. The summed E-state index contributed by atoms with van der Waals surface area (Å²) in [5, 5.41) is 2.78. The van der Waals surface area contributed by atoms with Crippen LogP contribution in [0.3, 0.4) is 0 Å². The van der Waals surface area contributed by atoms with Crippen LogP contribution < -0.4 is 5.32 Å². The van der Waals surface area contributed by atoms with E-state index in [2.05, 4.69) is 10.3 Å². The molecule has 1 aromatic carbocycles. The third-order valence-corrected chi connectivity index (χ3v) is 3.18. The molecule has 0 spiro atoms. The predicted octanol–water partition coefficient (Wildman–Crippen LogP) is 2.89. The van der Waals surface area contributed by atoms with Gasteiger partial charge in [-0.2, -0.15) is 0 Å². The minimum absolute atomic E-state index is 0.160. The molecule has 0 unspecified atom stereocenters. The number of aromatic nitrogens is 1. The summed E-state index contributed by atoms with van der Waals surface area (Å²) in [5.74, 6) is 0.406. The molecule has 0 saturated heterocycles. The summed E-state index contributed by atoms with van der Waals surface area (Å²) < 4.78 is 5.75. The first-order chi connectivity index (χ1) is 10.2. The van der Waals surface area contributed by atoms with Gasteiger partial charge < -0.3 is 15.0 Å². The molecule has 2 heterocycles. The van der Waals surface area contributed by atoms with Crippen molar-refractivity contribution in [2.24, 2.45) is 0 Å². The normalized spacial score (nSPS) is 16.0. The number of ether oxygens (including phenoxy) is 1. The van der Waals surface area contributed by atoms with E-state index in [1.807, 2.05) is 55.5 Å². The van der Waals surface area contributed by atoms with E-state index in [0.29, 0.717) is 18.1 Å². The fraction of sp³-hybridized carbons (Fsp3) is 0.118. The SMILES string of the molecule is Cc1ccc(C=C2NC(=O)C=C2OCc2ccccc2)[nH]1. The van der Waals surface area contributed by atoms with Gasteiger partial charge >= 0.3 is 0 Å². The van der Waals surface area contributed by atoms with E-state index in [4.69, 9.17) is 4.74 Å². The maximum Gasteiger partial charge on any atom is 0.252 e. The van der Waals surface area contributed by atoms with Crippen LogP contribution in [0.5, 0.6) is 0 Å². The number of hydrogen-bond donors (Lipinski definition) is 2. The Morgan fingerprint density at radius 3 is 2.67 bits per heavy atom. The van der Waals surface area contributed by atoms with Gasteiger partial charge in [0.25, 0.3) is 5.91 Å². The van der Waals surface area contributed by atoms with Crippen molar-refractivity contribution in [2.45, 2.75) is 13.5 Å². The van der Waals surface area contributed by atoms with E-state index < -0.39 is 0 Å². The van der Waals surface area contributed by atoms with E-state index in [1.54, 1.807) is 0 Å². The maximum absolute atomic E-state index is 11.6. The molecule has 2 aromatic rings. The van der Waals surface area contributed by atoms with Crippen LogP contribution in [0.2, 0.25) is 0 Å². The van der Waals surface area contributed by atoms with Gasteiger partial charge in [0.05, 0.1) is 5.70 Å². The van der Waals surface area contributed by atoms with E-state index in [9.17, 15) is 4.79 Å². The second kappa shape index (κ2) is 5.71. The minimum atomic E-state index is -0.160. The highest BCUT2D eigenvalue weighted by atomic mass is 16.5. The molecule has 3 rings (SSSR count). The number of hydrogen-bond acceptors (Lipinski definition) is 2. The molecular weight excluding hydrogens is 264 g/mol. The van der Waals surface area contributed by atoms with E-state index in [0.717, 1.165) is 17.0 Å². The molecule has 0 bridgehead atoms. The highest BCUT2D eigenvalue weighted by molar-refractivity contribution is 5.95. The number of carbonyl (C=O) groups excluding carboxylic acids is 1. The lowest BCUT2D eigenvalue weighted by Gasteiger charge is -2.08. The third-order valence-electron chi connectivity index (χ3n) is 3.18. The zero-order chi connectivity index (χ0) is 14.7. The largest absolute Gasteiger partial charge is 0.487 e. The molecule has 0 aliphatic carbocycles. The zero-order valence-corrected chi connectivity index (χ0v) is 11.7. The Bertz CT molecular complexity index is 711. The lowest BCUT2D eigenvalue weighted by Crippen LogP contribution is -2.14. The van der Waals surface area contributed by atoms with Crippen molar-refractivity contribution in [3.63, 3.8) is 0 Å². The van der Waals surface area contributed by atoms with Crippen LogP contribution in [0, 0.1) is 6.92 Å². The molecule has 0 radical (unpaired) electrons. The van der Waals surface area contributed by atoms with Crippen molar-refractivity contribution in [1.29, 1.82) is 0 Å². The molecule has 106 valence electrons. The first-order valence-corrected chi connectivity index (χ1v) is 6.78. The summed E-state index contributed by atoms with van der Waals surface area (Å²) in [5.41, 5.74) is 3.74. The molecule has 1 aliphatic heterocycles. The maximum atomic E-state index is 11.6. The van der Waals surface area contributed by atoms with E-state index in [-0.39, 0.29) is 5.91 Å². The number of amides is 1. The topological polar surface area (TPSA) is 54.1 Å². The number of H-pyrrole nitrogens is 1. The van der Waals surface area contributed by atoms with Crippen molar-refractivity contribution in [3.05, 3.63) is 76.9 Å². The minimum Gasteiger partial charge on any atom is -0.487 e. The van der Waals surface area contributed by atoms with E-state index >= 15 is 0 Å². The summed E-state index contributed by atoms with van der Waals surface area (Å²) in [7, 11) is 0. The van der Waals surface area contributed by atoms with Gasteiger partial charge in [-0.25, -0.2) is 0 Å². The van der Waals surface area contributed by atoms with Gasteiger partial charge in [-0.3, -0.25) is 4.79 Å². The molecule has 0 fully saturated rings. The molecule has 1 aliphatic rings. The lowest BCUT2D eigenvalue weighted by atomic mass is 10.2. The summed E-state index contributed by atoms with van der Waals surface area (Å²) in [6, 6.07) is 13.8. The Hall–Kier alpha value is -2.75. The molecule has 21 heavy (non-hydrogen) atoms.